The zero-order chi connectivity index (χ0) is 18.7. The third-order valence-electron chi connectivity index (χ3n) is 5.12. The van der Waals surface area contributed by atoms with Crippen LogP contribution in [0.25, 0.3) is 0 Å². The molecule has 0 saturated carbocycles. The Hall–Kier alpha value is -2.41. The van der Waals surface area contributed by atoms with Crippen LogP contribution < -0.4 is 4.74 Å². The SMILES string of the molecule is COc1ncccc1C(=O)N(C)C[C@@H]1CCCN(C)[C@H]1c1cnn(C)c1. The summed E-state index contributed by atoms with van der Waals surface area (Å²) in [5.41, 5.74) is 1.71. The number of ether oxygens (including phenoxy) is 1. The first-order chi connectivity index (χ1) is 12.5. The Morgan fingerprint density at radius 2 is 2.23 bits per heavy atom. The van der Waals surface area contributed by atoms with Gasteiger partial charge in [-0.1, -0.05) is 0 Å². The third-order valence-corrected chi connectivity index (χ3v) is 5.12. The lowest BCUT2D eigenvalue weighted by Crippen LogP contribution is -2.42. The molecular weight excluding hydrogens is 330 g/mol. The summed E-state index contributed by atoms with van der Waals surface area (Å²) < 4.78 is 7.08. The first-order valence-corrected chi connectivity index (χ1v) is 8.94. The minimum absolute atomic E-state index is 0.0619. The van der Waals surface area contributed by atoms with E-state index in [4.69, 9.17) is 4.74 Å². The van der Waals surface area contributed by atoms with Crippen molar-refractivity contribution in [3.05, 3.63) is 41.9 Å². The van der Waals surface area contributed by atoms with E-state index in [1.165, 1.54) is 12.7 Å². The number of rotatable bonds is 5. The number of amides is 1. The molecule has 7 heteroatoms. The van der Waals surface area contributed by atoms with Crippen molar-refractivity contribution in [2.45, 2.75) is 18.9 Å². The van der Waals surface area contributed by atoms with Gasteiger partial charge in [0.15, 0.2) is 0 Å². The highest BCUT2D eigenvalue weighted by atomic mass is 16.5. The van der Waals surface area contributed by atoms with Gasteiger partial charge in [-0.3, -0.25) is 14.4 Å². The summed E-state index contributed by atoms with van der Waals surface area (Å²) in [5, 5.41) is 4.33. The van der Waals surface area contributed by atoms with Crippen LogP contribution in [0.2, 0.25) is 0 Å². The quantitative estimate of drug-likeness (QED) is 0.819. The number of piperidine rings is 1. The number of methoxy groups -OCH3 is 1. The number of hydrogen-bond acceptors (Lipinski definition) is 5. The van der Waals surface area contributed by atoms with Crippen molar-refractivity contribution in [3.63, 3.8) is 0 Å². The van der Waals surface area contributed by atoms with E-state index in [1.807, 2.05) is 25.0 Å². The number of carbonyl (C=O) groups is 1. The van der Waals surface area contributed by atoms with Crippen LogP contribution in [-0.2, 0) is 7.05 Å². The van der Waals surface area contributed by atoms with Crippen LogP contribution in [0.3, 0.4) is 0 Å². The molecule has 3 heterocycles. The first-order valence-electron chi connectivity index (χ1n) is 8.94. The second-order valence-electron chi connectivity index (χ2n) is 7.02. The lowest BCUT2D eigenvalue weighted by molar-refractivity contribution is 0.0642. The lowest BCUT2D eigenvalue weighted by atomic mass is 9.85. The highest BCUT2D eigenvalue weighted by Gasteiger charge is 2.33. The predicted octanol–water partition coefficient (Wildman–Crippen LogP) is 1.98. The maximum Gasteiger partial charge on any atom is 0.259 e. The molecule has 0 N–H and O–H groups in total. The Kier molecular flexibility index (Phi) is 5.56. The summed E-state index contributed by atoms with van der Waals surface area (Å²) in [7, 11) is 7.47. The van der Waals surface area contributed by atoms with E-state index in [2.05, 4.69) is 28.2 Å². The van der Waals surface area contributed by atoms with Crippen LogP contribution in [0.15, 0.2) is 30.7 Å². The Balaban J connectivity index is 1.78. The highest BCUT2D eigenvalue weighted by molar-refractivity contribution is 5.96. The van der Waals surface area contributed by atoms with Gasteiger partial charge in [0.2, 0.25) is 5.88 Å². The van der Waals surface area contributed by atoms with E-state index in [0.717, 1.165) is 19.4 Å². The van der Waals surface area contributed by atoms with E-state index < -0.39 is 0 Å². The molecule has 1 amide bonds. The largest absolute Gasteiger partial charge is 0.480 e. The second kappa shape index (κ2) is 7.86. The smallest absolute Gasteiger partial charge is 0.259 e. The fraction of sp³-hybridized carbons (Fsp3) is 0.526. The second-order valence-corrected chi connectivity index (χ2v) is 7.02. The number of aromatic nitrogens is 3. The van der Waals surface area contributed by atoms with Crippen molar-refractivity contribution in [2.24, 2.45) is 13.0 Å². The monoisotopic (exact) mass is 357 g/mol. The maximum atomic E-state index is 12.9. The molecule has 7 nitrogen and oxygen atoms in total. The van der Waals surface area contributed by atoms with Gasteiger partial charge in [-0.25, -0.2) is 4.98 Å². The molecule has 2 aromatic rings. The molecule has 2 aromatic heterocycles. The molecule has 1 saturated heterocycles. The van der Waals surface area contributed by atoms with Crippen LogP contribution in [0.5, 0.6) is 5.88 Å². The molecular formula is C19H27N5O2. The third kappa shape index (κ3) is 3.72. The molecule has 2 atom stereocenters. The van der Waals surface area contributed by atoms with Crippen LogP contribution >= 0.6 is 0 Å². The Morgan fingerprint density at radius 1 is 1.42 bits per heavy atom. The Labute approximate surface area is 154 Å². The van der Waals surface area contributed by atoms with Gasteiger partial charge in [0.1, 0.15) is 5.56 Å². The number of hydrogen-bond donors (Lipinski definition) is 0. The van der Waals surface area contributed by atoms with Crippen molar-refractivity contribution in [1.29, 1.82) is 0 Å². The van der Waals surface area contributed by atoms with Gasteiger partial charge < -0.3 is 9.64 Å². The van der Waals surface area contributed by atoms with Gasteiger partial charge >= 0.3 is 0 Å². The minimum atomic E-state index is -0.0619. The number of pyridine rings is 1. The van der Waals surface area contributed by atoms with Gasteiger partial charge in [0.05, 0.1) is 13.3 Å². The van der Waals surface area contributed by atoms with Crippen LogP contribution in [0.1, 0.15) is 34.8 Å². The highest BCUT2D eigenvalue weighted by Crippen LogP contribution is 2.35. The zero-order valence-electron chi connectivity index (χ0n) is 15.9. The predicted molar refractivity (Wildman–Crippen MR) is 99.1 cm³/mol. The maximum absolute atomic E-state index is 12.9. The molecule has 26 heavy (non-hydrogen) atoms. The number of likely N-dealkylation sites (tertiary alicyclic amines) is 1. The fourth-order valence-corrected chi connectivity index (χ4v) is 3.93. The summed E-state index contributed by atoms with van der Waals surface area (Å²) in [6.07, 6.45) is 7.86. The number of nitrogens with zero attached hydrogens (tertiary/aromatic N) is 5. The Morgan fingerprint density at radius 3 is 2.92 bits per heavy atom. The molecule has 3 rings (SSSR count). The zero-order valence-corrected chi connectivity index (χ0v) is 15.9. The van der Waals surface area contributed by atoms with Gasteiger partial charge in [0, 0.05) is 44.6 Å². The summed E-state index contributed by atoms with van der Waals surface area (Å²) in [6.45, 7) is 1.74. The Bertz CT molecular complexity index is 760. The minimum Gasteiger partial charge on any atom is -0.480 e. The van der Waals surface area contributed by atoms with E-state index in [9.17, 15) is 4.79 Å². The van der Waals surface area contributed by atoms with Crippen LogP contribution in [-0.4, -0.2) is 64.8 Å². The molecule has 0 spiro atoms. The van der Waals surface area contributed by atoms with Crippen molar-refractivity contribution < 1.29 is 9.53 Å². The van der Waals surface area contributed by atoms with Crippen molar-refractivity contribution in [3.8, 4) is 5.88 Å². The van der Waals surface area contributed by atoms with E-state index in [0.29, 0.717) is 23.9 Å². The first kappa shape index (κ1) is 18.4. The van der Waals surface area contributed by atoms with E-state index in [1.54, 1.807) is 23.2 Å². The summed E-state index contributed by atoms with van der Waals surface area (Å²) in [6, 6.07) is 3.79. The lowest BCUT2D eigenvalue weighted by Gasteiger charge is -2.40. The number of aryl methyl sites for hydroxylation is 1. The van der Waals surface area contributed by atoms with Crippen molar-refractivity contribution in [2.75, 3.05) is 34.3 Å². The molecule has 0 bridgehead atoms. The molecule has 140 valence electrons. The molecule has 1 aliphatic heterocycles. The topological polar surface area (TPSA) is 63.5 Å². The molecule has 1 aliphatic rings. The molecule has 0 aliphatic carbocycles. The fourth-order valence-electron chi connectivity index (χ4n) is 3.93. The van der Waals surface area contributed by atoms with Crippen LogP contribution in [0.4, 0.5) is 0 Å². The normalized spacial score (nSPS) is 20.8. The molecule has 0 unspecified atom stereocenters. The summed E-state index contributed by atoms with van der Waals surface area (Å²) >= 11 is 0. The molecule has 1 fully saturated rings. The van der Waals surface area contributed by atoms with Gasteiger partial charge in [-0.2, -0.15) is 5.10 Å². The van der Waals surface area contributed by atoms with Gasteiger partial charge in [0.25, 0.3) is 5.91 Å². The average Bonchev–Trinajstić information content (AvgIpc) is 3.07. The molecule has 0 aromatic carbocycles. The average molecular weight is 357 g/mol. The van der Waals surface area contributed by atoms with Gasteiger partial charge in [-0.05, 0) is 44.5 Å². The van der Waals surface area contributed by atoms with Gasteiger partial charge in [-0.15, -0.1) is 0 Å². The van der Waals surface area contributed by atoms with E-state index >= 15 is 0 Å². The van der Waals surface area contributed by atoms with Crippen LogP contribution in [0, 0.1) is 5.92 Å². The summed E-state index contributed by atoms with van der Waals surface area (Å²) in [5.74, 6) is 0.664. The number of carbonyl (C=O) groups excluding carboxylic acids is 1. The standard InChI is InChI=1S/C19H27N5O2/c1-22-10-6-7-14(17(22)15-11-21-24(3)13-15)12-23(2)19(25)16-8-5-9-20-18(16)26-4/h5,8-9,11,13-14,17H,6-7,10,12H2,1-4H3/t14-,17+/m0/s1. The van der Waals surface area contributed by atoms with E-state index in [-0.39, 0.29) is 11.9 Å². The van der Waals surface area contributed by atoms with Crippen molar-refractivity contribution >= 4 is 5.91 Å². The molecule has 0 radical (unpaired) electrons. The van der Waals surface area contributed by atoms with Crippen molar-refractivity contribution in [1.82, 2.24) is 24.6 Å². The summed E-state index contributed by atoms with van der Waals surface area (Å²) in [4.78, 5) is 21.2.